The summed E-state index contributed by atoms with van der Waals surface area (Å²) in [6.07, 6.45) is 1.60. The van der Waals surface area contributed by atoms with Crippen molar-refractivity contribution < 1.29 is 13.5 Å². The van der Waals surface area contributed by atoms with Gasteiger partial charge in [0.15, 0.2) is 0 Å². The predicted molar refractivity (Wildman–Crippen MR) is 97.1 cm³/mol. The van der Waals surface area contributed by atoms with E-state index in [2.05, 4.69) is 0 Å². The second-order valence-corrected chi connectivity index (χ2v) is 5.60. The lowest BCUT2D eigenvalue weighted by Crippen LogP contribution is -1.97. The van der Waals surface area contributed by atoms with Gasteiger partial charge in [0.05, 0.1) is 11.6 Å². The molecule has 0 unspecified atom stereocenters. The molecule has 26 heavy (non-hydrogen) atoms. The molecule has 0 saturated carbocycles. The Morgan fingerprint density at radius 1 is 0.923 bits per heavy atom. The average molecular weight is 347 g/mol. The molecule has 0 radical (unpaired) electrons. The van der Waals surface area contributed by atoms with Gasteiger partial charge in [-0.15, -0.1) is 0 Å². The first-order chi connectivity index (χ1) is 12.7. The monoisotopic (exact) mass is 347 g/mol. The number of allylic oxidation sites excluding steroid dienone is 1. The quantitative estimate of drug-likeness (QED) is 0.444. The Bertz CT molecular complexity index is 972. The van der Waals surface area contributed by atoms with Crippen LogP contribution in [0.3, 0.4) is 0 Å². The highest BCUT2D eigenvalue weighted by Gasteiger charge is 2.09. The Labute approximate surface area is 150 Å². The number of benzene rings is 3. The number of rotatable bonds is 5. The molecule has 3 aromatic carbocycles. The van der Waals surface area contributed by atoms with E-state index in [1.807, 2.05) is 18.2 Å². The van der Waals surface area contributed by atoms with Gasteiger partial charge in [0.1, 0.15) is 24.0 Å². The van der Waals surface area contributed by atoms with E-state index in [-0.39, 0.29) is 23.6 Å². The molecule has 3 rings (SSSR count). The summed E-state index contributed by atoms with van der Waals surface area (Å²) in [7, 11) is 0. The van der Waals surface area contributed by atoms with E-state index in [1.54, 1.807) is 48.5 Å². The topological polar surface area (TPSA) is 33.0 Å². The van der Waals surface area contributed by atoms with Gasteiger partial charge < -0.3 is 4.74 Å². The van der Waals surface area contributed by atoms with Crippen molar-refractivity contribution in [3.05, 3.63) is 101 Å². The summed E-state index contributed by atoms with van der Waals surface area (Å²) >= 11 is 0. The van der Waals surface area contributed by atoms with E-state index in [0.29, 0.717) is 11.3 Å². The molecule has 0 fully saturated rings. The predicted octanol–water partition coefficient (Wildman–Crippen LogP) is 5.61. The molecule has 0 N–H and O–H groups in total. The zero-order valence-corrected chi connectivity index (χ0v) is 13.8. The molecule has 0 aliphatic heterocycles. The molecule has 0 saturated heterocycles. The van der Waals surface area contributed by atoms with Gasteiger partial charge in [0.2, 0.25) is 0 Å². The minimum Gasteiger partial charge on any atom is -0.488 e. The van der Waals surface area contributed by atoms with Crippen LogP contribution in [0.15, 0.2) is 72.8 Å². The maximum absolute atomic E-state index is 14.0. The summed E-state index contributed by atoms with van der Waals surface area (Å²) in [5, 5.41) is 9.43. The van der Waals surface area contributed by atoms with Gasteiger partial charge in [-0.3, -0.25) is 0 Å². The maximum Gasteiger partial charge on any atom is 0.131 e. The summed E-state index contributed by atoms with van der Waals surface area (Å²) in [6.45, 7) is 0.257. The maximum atomic E-state index is 14.0. The Morgan fingerprint density at radius 2 is 1.62 bits per heavy atom. The summed E-state index contributed by atoms with van der Waals surface area (Å²) in [5.41, 5.74) is 1.93. The van der Waals surface area contributed by atoms with Crippen LogP contribution in [-0.2, 0) is 6.61 Å². The highest BCUT2D eigenvalue weighted by atomic mass is 19.1. The fourth-order valence-corrected chi connectivity index (χ4v) is 2.48. The van der Waals surface area contributed by atoms with Crippen molar-refractivity contribution >= 4 is 11.6 Å². The zero-order valence-electron chi connectivity index (χ0n) is 13.8. The second kappa shape index (κ2) is 8.09. The van der Waals surface area contributed by atoms with Crippen LogP contribution in [-0.4, -0.2) is 0 Å². The van der Waals surface area contributed by atoms with Crippen molar-refractivity contribution in [1.29, 1.82) is 5.26 Å². The molecule has 0 heterocycles. The van der Waals surface area contributed by atoms with Crippen molar-refractivity contribution in [1.82, 2.24) is 0 Å². The van der Waals surface area contributed by atoms with E-state index < -0.39 is 5.82 Å². The van der Waals surface area contributed by atoms with E-state index in [1.165, 1.54) is 18.2 Å². The van der Waals surface area contributed by atoms with Crippen molar-refractivity contribution in [2.75, 3.05) is 0 Å². The van der Waals surface area contributed by atoms with Crippen molar-refractivity contribution in [2.24, 2.45) is 0 Å². The lowest BCUT2D eigenvalue weighted by molar-refractivity contribution is 0.305. The van der Waals surface area contributed by atoms with Crippen molar-refractivity contribution in [3.8, 4) is 11.8 Å². The van der Waals surface area contributed by atoms with Gasteiger partial charge in [0, 0.05) is 11.1 Å². The van der Waals surface area contributed by atoms with E-state index in [9.17, 15) is 14.0 Å². The number of nitrogens with zero attached hydrogens (tertiary/aromatic N) is 1. The number of ether oxygens (including phenoxy) is 1. The van der Waals surface area contributed by atoms with Crippen LogP contribution < -0.4 is 4.74 Å². The SMILES string of the molecule is N#CC(=Cc1ccccc1OCc1ccc(F)cc1)c1ccccc1F. The largest absolute Gasteiger partial charge is 0.488 e. The minimum absolute atomic E-state index is 0.209. The normalized spacial score (nSPS) is 11.0. The van der Waals surface area contributed by atoms with Gasteiger partial charge in [-0.25, -0.2) is 8.78 Å². The summed E-state index contributed by atoms with van der Waals surface area (Å²) < 4.78 is 32.8. The second-order valence-electron chi connectivity index (χ2n) is 5.60. The van der Waals surface area contributed by atoms with Gasteiger partial charge in [-0.1, -0.05) is 48.5 Å². The lowest BCUT2D eigenvalue weighted by Gasteiger charge is -2.10. The van der Waals surface area contributed by atoms with Crippen LogP contribution in [0.25, 0.3) is 11.6 Å². The third-order valence-electron chi connectivity index (χ3n) is 3.81. The number of halogens is 2. The lowest BCUT2D eigenvalue weighted by atomic mass is 10.0. The fraction of sp³-hybridized carbons (Fsp3) is 0.0455. The first kappa shape index (κ1) is 17.4. The Balaban J connectivity index is 1.87. The van der Waals surface area contributed by atoms with Crippen LogP contribution in [0, 0.1) is 23.0 Å². The van der Waals surface area contributed by atoms with E-state index in [0.717, 1.165) is 5.56 Å². The molecule has 0 bridgehead atoms. The molecule has 0 aliphatic carbocycles. The smallest absolute Gasteiger partial charge is 0.131 e. The molecule has 2 nitrogen and oxygen atoms in total. The molecular formula is C22H15F2NO. The van der Waals surface area contributed by atoms with Gasteiger partial charge in [-0.05, 0) is 35.9 Å². The highest BCUT2D eigenvalue weighted by molar-refractivity contribution is 5.90. The van der Waals surface area contributed by atoms with Gasteiger partial charge >= 0.3 is 0 Å². The van der Waals surface area contributed by atoms with Crippen LogP contribution in [0.4, 0.5) is 8.78 Å². The standard InChI is InChI=1S/C22H15F2NO/c23-19-11-9-16(10-12-19)15-26-22-8-4-1-5-17(22)13-18(14-25)20-6-2-3-7-21(20)24/h1-13H,15H2. The molecule has 0 spiro atoms. The van der Waals surface area contributed by atoms with Gasteiger partial charge in [-0.2, -0.15) is 5.26 Å². The van der Waals surface area contributed by atoms with Crippen molar-refractivity contribution in [2.45, 2.75) is 6.61 Å². The molecule has 128 valence electrons. The molecule has 0 atom stereocenters. The Kier molecular flexibility index (Phi) is 5.40. The average Bonchev–Trinajstić information content (AvgIpc) is 2.67. The first-order valence-corrected chi connectivity index (χ1v) is 8.00. The number of nitriles is 1. The molecule has 0 aliphatic rings. The third-order valence-corrected chi connectivity index (χ3v) is 3.81. The van der Waals surface area contributed by atoms with Gasteiger partial charge in [0.25, 0.3) is 0 Å². The minimum atomic E-state index is -0.454. The molecular weight excluding hydrogens is 332 g/mol. The summed E-state index contributed by atoms with van der Waals surface area (Å²) in [4.78, 5) is 0. The number of hydrogen-bond donors (Lipinski definition) is 0. The van der Waals surface area contributed by atoms with Crippen LogP contribution in [0.5, 0.6) is 5.75 Å². The molecule has 4 heteroatoms. The van der Waals surface area contributed by atoms with Crippen LogP contribution in [0.1, 0.15) is 16.7 Å². The van der Waals surface area contributed by atoms with E-state index in [4.69, 9.17) is 4.74 Å². The van der Waals surface area contributed by atoms with Crippen LogP contribution >= 0.6 is 0 Å². The fourth-order valence-electron chi connectivity index (χ4n) is 2.48. The Morgan fingerprint density at radius 3 is 2.35 bits per heavy atom. The Hall–Kier alpha value is -3.45. The highest BCUT2D eigenvalue weighted by Crippen LogP contribution is 2.26. The zero-order chi connectivity index (χ0) is 18.4. The molecule has 0 aromatic heterocycles. The molecule has 3 aromatic rings. The van der Waals surface area contributed by atoms with Crippen molar-refractivity contribution in [3.63, 3.8) is 0 Å². The number of hydrogen-bond acceptors (Lipinski definition) is 2. The summed E-state index contributed by atoms with van der Waals surface area (Å²) in [6, 6.07) is 21.4. The summed E-state index contributed by atoms with van der Waals surface area (Å²) in [5.74, 6) is -0.202. The molecule has 0 amide bonds. The number of para-hydroxylation sites is 1. The third kappa shape index (κ3) is 4.14. The van der Waals surface area contributed by atoms with Crippen LogP contribution in [0.2, 0.25) is 0 Å². The first-order valence-electron chi connectivity index (χ1n) is 8.00. The van der Waals surface area contributed by atoms with E-state index >= 15 is 0 Å².